The van der Waals surface area contributed by atoms with Crippen molar-refractivity contribution in [3.8, 4) is 0 Å². The van der Waals surface area contributed by atoms with Crippen LogP contribution in [0.1, 0.15) is 65.2 Å². The van der Waals surface area contributed by atoms with Crippen molar-refractivity contribution in [1.29, 1.82) is 0 Å². The molecule has 1 rings (SSSR count). The molecular weight excluding hydrogens is 172 g/mol. The van der Waals surface area contributed by atoms with Crippen LogP contribution in [0.4, 0.5) is 0 Å². The van der Waals surface area contributed by atoms with Gasteiger partial charge in [0.05, 0.1) is 0 Å². The van der Waals surface area contributed by atoms with Gasteiger partial charge in [-0.15, -0.1) is 0 Å². The van der Waals surface area contributed by atoms with E-state index in [9.17, 15) is 4.79 Å². The zero-order valence-electron chi connectivity index (χ0n) is 9.72. The molecule has 0 aromatic carbocycles. The molecule has 1 unspecified atom stereocenters. The zero-order chi connectivity index (χ0) is 10.4. The van der Waals surface area contributed by atoms with E-state index in [1.165, 1.54) is 32.1 Å². The Balaban J connectivity index is 2.24. The molecule has 0 bridgehead atoms. The molecule has 1 aliphatic rings. The van der Waals surface area contributed by atoms with Gasteiger partial charge in [-0.1, -0.05) is 52.4 Å². The van der Waals surface area contributed by atoms with Gasteiger partial charge in [-0.25, -0.2) is 0 Å². The lowest BCUT2D eigenvalue weighted by molar-refractivity contribution is -0.123. The Morgan fingerprint density at radius 1 is 1.29 bits per heavy atom. The fourth-order valence-corrected chi connectivity index (χ4v) is 2.47. The summed E-state index contributed by atoms with van der Waals surface area (Å²) in [5.41, 5.74) is 0. The summed E-state index contributed by atoms with van der Waals surface area (Å²) in [5, 5.41) is 0. The predicted octanol–water partition coefficient (Wildman–Crippen LogP) is 3.96. The lowest BCUT2D eigenvalue weighted by atomic mass is 9.83. The van der Waals surface area contributed by atoms with Crippen molar-refractivity contribution >= 4 is 5.78 Å². The Kier molecular flexibility index (Phi) is 5.21. The molecule has 0 aromatic rings. The Morgan fingerprint density at radius 2 is 1.93 bits per heavy atom. The van der Waals surface area contributed by atoms with Gasteiger partial charge in [-0.3, -0.25) is 4.79 Å². The van der Waals surface area contributed by atoms with Gasteiger partial charge in [0, 0.05) is 12.3 Å². The van der Waals surface area contributed by atoms with E-state index in [1.54, 1.807) is 0 Å². The van der Waals surface area contributed by atoms with Crippen molar-refractivity contribution in [2.45, 2.75) is 65.2 Å². The summed E-state index contributed by atoms with van der Waals surface area (Å²) >= 11 is 0. The van der Waals surface area contributed by atoms with Crippen LogP contribution in [0.15, 0.2) is 0 Å². The van der Waals surface area contributed by atoms with E-state index < -0.39 is 0 Å². The Hall–Kier alpha value is -0.330. The summed E-state index contributed by atoms with van der Waals surface area (Å²) in [4.78, 5) is 11.8. The first-order chi connectivity index (χ1) is 6.74. The molecule has 1 saturated carbocycles. The molecule has 0 N–H and O–H groups in total. The third-order valence-electron chi connectivity index (χ3n) is 3.49. The molecule has 0 saturated heterocycles. The van der Waals surface area contributed by atoms with Crippen molar-refractivity contribution in [3.63, 3.8) is 0 Å². The number of hydrogen-bond acceptors (Lipinski definition) is 1. The van der Waals surface area contributed by atoms with Gasteiger partial charge in [0.15, 0.2) is 0 Å². The summed E-state index contributed by atoms with van der Waals surface area (Å²) < 4.78 is 0. The molecule has 1 atom stereocenters. The molecule has 1 aliphatic carbocycles. The average molecular weight is 196 g/mol. The maximum atomic E-state index is 11.8. The minimum atomic E-state index is 0.307. The fraction of sp³-hybridized carbons (Fsp3) is 0.923. The second-order valence-corrected chi connectivity index (χ2v) is 4.86. The van der Waals surface area contributed by atoms with Gasteiger partial charge in [0.25, 0.3) is 0 Å². The number of ketones is 1. The monoisotopic (exact) mass is 196 g/mol. The number of Topliss-reactive ketones (excluding diaryl/α,β-unsaturated/α-hetero) is 1. The van der Waals surface area contributed by atoms with Crippen LogP contribution in [0.3, 0.4) is 0 Å². The molecule has 0 amide bonds. The number of carbonyl (C=O) groups is 1. The Labute approximate surface area is 88.3 Å². The van der Waals surface area contributed by atoms with E-state index in [-0.39, 0.29) is 0 Å². The molecule has 1 nitrogen and oxygen atoms in total. The number of carbonyl (C=O) groups excluding carboxylic acids is 1. The van der Waals surface area contributed by atoms with Crippen LogP contribution in [0, 0.1) is 11.8 Å². The molecule has 0 aliphatic heterocycles. The summed E-state index contributed by atoms with van der Waals surface area (Å²) in [6, 6.07) is 0. The molecule has 1 fully saturated rings. The van der Waals surface area contributed by atoms with E-state index in [1.807, 2.05) is 0 Å². The second kappa shape index (κ2) is 6.21. The van der Waals surface area contributed by atoms with Gasteiger partial charge < -0.3 is 0 Å². The van der Waals surface area contributed by atoms with Gasteiger partial charge >= 0.3 is 0 Å². The van der Waals surface area contributed by atoms with Crippen molar-refractivity contribution in [1.82, 2.24) is 0 Å². The van der Waals surface area contributed by atoms with Gasteiger partial charge in [-0.05, 0) is 12.3 Å². The zero-order valence-corrected chi connectivity index (χ0v) is 9.72. The normalized spacial score (nSPS) is 20.7. The van der Waals surface area contributed by atoms with E-state index in [2.05, 4.69) is 13.8 Å². The van der Waals surface area contributed by atoms with Crippen LogP contribution in [0.2, 0.25) is 0 Å². The average Bonchev–Trinajstić information content (AvgIpc) is 2.19. The highest BCUT2D eigenvalue weighted by Gasteiger charge is 2.19. The third-order valence-corrected chi connectivity index (χ3v) is 3.49. The highest BCUT2D eigenvalue weighted by atomic mass is 16.1. The topological polar surface area (TPSA) is 17.1 Å². The highest BCUT2D eigenvalue weighted by molar-refractivity contribution is 5.80. The van der Waals surface area contributed by atoms with Crippen LogP contribution in [-0.2, 0) is 4.79 Å². The second-order valence-electron chi connectivity index (χ2n) is 4.86. The Bertz CT molecular complexity index is 168. The molecule has 1 heteroatoms. The summed E-state index contributed by atoms with van der Waals surface area (Å²) in [7, 11) is 0. The minimum absolute atomic E-state index is 0.307. The largest absolute Gasteiger partial charge is 0.299 e. The fourth-order valence-electron chi connectivity index (χ4n) is 2.47. The summed E-state index contributed by atoms with van der Waals surface area (Å²) in [6.07, 6.45) is 9.74. The van der Waals surface area contributed by atoms with Crippen LogP contribution in [-0.4, -0.2) is 5.78 Å². The maximum Gasteiger partial charge on any atom is 0.135 e. The summed E-state index contributed by atoms with van der Waals surface area (Å²) in [5.74, 6) is 1.54. The van der Waals surface area contributed by atoms with Crippen LogP contribution in [0.25, 0.3) is 0 Å². The van der Waals surface area contributed by atoms with E-state index in [4.69, 9.17) is 0 Å². The van der Waals surface area contributed by atoms with Crippen molar-refractivity contribution < 1.29 is 4.79 Å². The van der Waals surface area contributed by atoms with Crippen LogP contribution >= 0.6 is 0 Å². The molecule has 14 heavy (non-hydrogen) atoms. The van der Waals surface area contributed by atoms with E-state index >= 15 is 0 Å². The first-order valence-corrected chi connectivity index (χ1v) is 6.26. The number of rotatable bonds is 5. The smallest absolute Gasteiger partial charge is 0.135 e. The molecule has 0 spiro atoms. The van der Waals surface area contributed by atoms with Crippen molar-refractivity contribution in [3.05, 3.63) is 0 Å². The molecule has 0 aromatic heterocycles. The van der Waals surface area contributed by atoms with Gasteiger partial charge in [-0.2, -0.15) is 0 Å². The van der Waals surface area contributed by atoms with Crippen LogP contribution < -0.4 is 0 Å². The van der Waals surface area contributed by atoms with Crippen LogP contribution in [0.5, 0.6) is 0 Å². The van der Waals surface area contributed by atoms with Gasteiger partial charge in [0.2, 0.25) is 0 Å². The van der Waals surface area contributed by atoms with E-state index in [0.29, 0.717) is 11.7 Å². The van der Waals surface area contributed by atoms with Gasteiger partial charge in [0.1, 0.15) is 5.78 Å². The lowest BCUT2D eigenvalue weighted by Gasteiger charge is -2.22. The summed E-state index contributed by atoms with van der Waals surface area (Å²) in [6.45, 7) is 4.25. The minimum Gasteiger partial charge on any atom is -0.299 e. The molecular formula is C13H24O. The third kappa shape index (κ3) is 3.81. The first-order valence-electron chi connectivity index (χ1n) is 6.26. The molecule has 82 valence electrons. The SMILES string of the molecule is CCCC(C)C(=O)CC1CCCCC1. The number of hydrogen-bond donors (Lipinski definition) is 0. The standard InChI is InChI=1S/C13H24O/c1-3-7-11(2)13(14)10-12-8-5-4-6-9-12/h11-12H,3-10H2,1-2H3. The maximum absolute atomic E-state index is 11.8. The molecule has 0 heterocycles. The Morgan fingerprint density at radius 3 is 2.50 bits per heavy atom. The predicted molar refractivity (Wildman–Crippen MR) is 60.3 cm³/mol. The lowest BCUT2D eigenvalue weighted by Crippen LogP contribution is -2.17. The first kappa shape index (κ1) is 11.7. The van der Waals surface area contributed by atoms with Crippen molar-refractivity contribution in [2.75, 3.05) is 0 Å². The highest BCUT2D eigenvalue weighted by Crippen LogP contribution is 2.27. The van der Waals surface area contributed by atoms with E-state index in [0.717, 1.165) is 25.2 Å². The van der Waals surface area contributed by atoms with Crippen molar-refractivity contribution in [2.24, 2.45) is 11.8 Å². The molecule has 0 radical (unpaired) electrons. The quantitative estimate of drug-likeness (QED) is 0.650.